The van der Waals surface area contributed by atoms with Crippen LogP contribution >= 0.6 is 11.6 Å². The molecule has 0 N–H and O–H groups in total. The van der Waals surface area contributed by atoms with Crippen molar-refractivity contribution in [2.75, 3.05) is 55.6 Å². The molecule has 0 spiro atoms. The molecule has 26 heavy (non-hydrogen) atoms. The maximum Gasteiger partial charge on any atom is 0.0426 e. The SMILES string of the molecule is Clc1cccc(N2CCN(CCCCN3CCc4ccccc43)CC2)c1. The Morgan fingerprint density at radius 2 is 1.62 bits per heavy atom. The molecule has 0 saturated carbocycles. The van der Waals surface area contributed by atoms with E-state index < -0.39 is 0 Å². The molecule has 0 aliphatic carbocycles. The topological polar surface area (TPSA) is 9.72 Å². The third-order valence-corrected chi connectivity index (χ3v) is 5.92. The average molecular weight is 370 g/mol. The fourth-order valence-electron chi connectivity index (χ4n) is 4.18. The molecule has 2 aliphatic heterocycles. The Balaban J connectivity index is 1.17. The monoisotopic (exact) mass is 369 g/mol. The van der Waals surface area contributed by atoms with Crippen LogP contribution in [0.15, 0.2) is 48.5 Å². The molecule has 0 atom stereocenters. The van der Waals surface area contributed by atoms with E-state index in [1.54, 1.807) is 0 Å². The van der Waals surface area contributed by atoms with Crippen LogP contribution in [0.4, 0.5) is 11.4 Å². The van der Waals surface area contributed by atoms with Crippen molar-refractivity contribution < 1.29 is 0 Å². The Labute approximate surface area is 162 Å². The van der Waals surface area contributed by atoms with Crippen molar-refractivity contribution in [2.45, 2.75) is 19.3 Å². The quantitative estimate of drug-likeness (QED) is 0.703. The molecule has 2 aromatic rings. The highest BCUT2D eigenvalue weighted by molar-refractivity contribution is 6.30. The predicted molar refractivity (Wildman–Crippen MR) is 112 cm³/mol. The molecule has 2 aliphatic rings. The minimum Gasteiger partial charge on any atom is -0.371 e. The van der Waals surface area contributed by atoms with Crippen molar-refractivity contribution >= 4 is 23.0 Å². The Morgan fingerprint density at radius 3 is 2.46 bits per heavy atom. The van der Waals surface area contributed by atoms with Crippen molar-refractivity contribution in [3.8, 4) is 0 Å². The lowest BCUT2D eigenvalue weighted by Crippen LogP contribution is -2.46. The average Bonchev–Trinajstić information content (AvgIpc) is 3.09. The maximum atomic E-state index is 6.12. The first-order chi connectivity index (χ1) is 12.8. The zero-order chi connectivity index (χ0) is 17.8. The summed E-state index contributed by atoms with van der Waals surface area (Å²) in [5, 5.41) is 0.827. The first-order valence-electron chi connectivity index (χ1n) is 9.85. The molecule has 1 saturated heterocycles. The number of fused-ring (bicyclic) bond motifs is 1. The molecular formula is C22H28ClN3. The molecule has 2 aromatic carbocycles. The predicted octanol–water partition coefficient (Wildman–Crippen LogP) is 4.30. The van der Waals surface area contributed by atoms with Gasteiger partial charge in [0.1, 0.15) is 0 Å². The second kappa shape index (κ2) is 8.32. The van der Waals surface area contributed by atoms with E-state index in [0.717, 1.165) is 31.2 Å². The van der Waals surface area contributed by atoms with Crippen LogP contribution < -0.4 is 9.80 Å². The smallest absolute Gasteiger partial charge is 0.0426 e. The van der Waals surface area contributed by atoms with E-state index in [1.807, 2.05) is 12.1 Å². The molecule has 1 fully saturated rings. The maximum absolute atomic E-state index is 6.12. The van der Waals surface area contributed by atoms with Crippen LogP contribution in [-0.2, 0) is 6.42 Å². The van der Waals surface area contributed by atoms with E-state index in [1.165, 1.54) is 55.8 Å². The third kappa shape index (κ3) is 4.16. The van der Waals surface area contributed by atoms with E-state index >= 15 is 0 Å². The summed E-state index contributed by atoms with van der Waals surface area (Å²) < 4.78 is 0. The largest absolute Gasteiger partial charge is 0.371 e. The van der Waals surface area contributed by atoms with Crippen LogP contribution in [0.1, 0.15) is 18.4 Å². The summed E-state index contributed by atoms with van der Waals surface area (Å²) in [4.78, 5) is 7.62. The summed E-state index contributed by atoms with van der Waals surface area (Å²) in [5.74, 6) is 0. The summed E-state index contributed by atoms with van der Waals surface area (Å²) in [6, 6.07) is 17.1. The highest BCUT2D eigenvalue weighted by atomic mass is 35.5. The van der Waals surface area contributed by atoms with Gasteiger partial charge in [0.2, 0.25) is 0 Å². The van der Waals surface area contributed by atoms with Crippen molar-refractivity contribution in [3.63, 3.8) is 0 Å². The van der Waals surface area contributed by atoms with Crippen LogP contribution in [0.25, 0.3) is 0 Å². The molecule has 4 rings (SSSR count). The van der Waals surface area contributed by atoms with Crippen molar-refractivity contribution in [2.24, 2.45) is 0 Å². The number of hydrogen-bond acceptors (Lipinski definition) is 3. The van der Waals surface area contributed by atoms with Gasteiger partial charge in [-0.25, -0.2) is 0 Å². The molecule has 0 amide bonds. The van der Waals surface area contributed by atoms with Gasteiger partial charge in [0.05, 0.1) is 0 Å². The Morgan fingerprint density at radius 1 is 0.808 bits per heavy atom. The standard InChI is InChI=1S/C22H28ClN3/c23-20-7-5-8-21(18-20)25-16-14-24(15-17-25)11-3-4-12-26-13-10-19-6-1-2-9-22(19)26/h1-2,5-9,18H,3-4,10-17H2. The molecule has 2 heterocycles. The number of para-hydroxylation sites is 1. The number of hydrogen-bond donors (Lipinski definition) is 0. The van der Waals surface area contributed by atoms with Crippen LogP contribution in [0.3, 0.4) is 0 Å². The second-order valence-electron chi connectivity index (χ2n) is 7.38. The lowest BCUT2D eigenvalue weighted by atomic mass is 10.2. The minimum absolute atomic E-state index is 0.827. The minimum atomic E-state index is 0.827. The van der Waals surface area contributed by atoms with Crippen molar-refractivity contribution in [1.29, 1.82) is 0 Å². The Bertz CT molecular complexity index is 725. The molecule has 3 nitrogen and oxygen atoms in total. The third-order valence-electron chi connectivity index (χ3n) is 5.68. The van der Waals surface area contributed by atoms with Gasteiger partial charge in [0.25, 0.3) is 0 Å². The van der Waals surface area contributed by atoms with Gasteiger partial charge in [-0.3, -0.25) is 4.90 Å². The van der Waals surface area contributed by atoms with Crippen molar-refractivity contribution in [1.82, 2.24) is 4.90 Å². The van der Waals surface area contributed by atoms with Crippen LogP contribution in [-0.4, -0.2) is 50.7 Å². The van der Waals surface area contributed by atoms with Crippen LogP contribution in [0, 0.1) is 0 Å². The zero-order valence-corrected chi connectivity index (χ0v) is 16.2. The van der Waals surface area contributed by atoms with Crippen LogP contribution in [0.5, 0.6) is 0 Å². The highest BCUT2D eigenvalue weighted by Crippen LogP contribution is 2.27. The van der Waals surface area contributed by atoms with Gasteiger partial charge in [-0.1, -0.05) is 35.9 Å². The van der Waals surface area contributed by atoms with Crippen LogP contribution in [0.2, 0.25) is 5.02 Å². The Hall–Kier alpha value is -1.71. The van der Waals surface area contributed by atoms with Gasteiger partial charge < -0.3 is 9.80 Å². The summed E-state index contributed by atoms with van der Waals surface area (Å²) in [7, 11) is 0. The number of piperazine rings is 1. The number of unbranched alkanes of at least 4 members (excludes halogenated alkanes) is 1. The van der Waals surface area contributed by atoms with Crippen molar-refractivity contribution in [3.05, 3.63) is 59.1 Å². The van der Waals surface area contributed by atoms with E-state index in [9.17, 15) is 0 Å². The number of nitrogens with zero attached hydrogens (tertiary/aromatic N) is 3. The fraction of sp³-hybridized carbons (Fsp3) is 0.455. The lowest BCUT2D eigenvalue weighted by Gasteiger charge is -2.36. The van der Waals surface area contributed by atoms with E-state index in [-0.39, 0.29) is 0 Å². The number of anilines is 2. The molecule has 0 aromatic heterocycles. The van der Waals surface area contributed by atoms with Gasteiger partial charge in [-0.15, -0.1) is 0 Å². The lowest BCUT2D eigenvalue weighted by molar-refractivity contribution is 0.253. The Kier molecular flexibility index (Phi) is 5.66. The van der Waals surface area contributed by atoms with E-state index in [4.69, 9.17) is 11.6 Å². The fourth-order valence-corrected chi connectivity index (χ4v) is 4.36. The number of halogens is 1. The normalized spacial score (nSPS) is 17.6. The second-order valence-corrected chi connectivity index (χ2v) is 7.82. The van der Waals surface area contributed by atoms with Gasteiger partial charge in [-0.05, 0) is 55.6 Å². The summed E-state index contributed by atoms with van der Waals surface area (Å²) >= 11 is 6.12. The summed E-state index contributed by atoms with van der Waals surface area (Å²) in [6.45, 7) is 8.10. The molecule has 0 unspecified atom stereocenters. The molecular weight excluding hydrogens is 342 g/mol. The van der Waals surface area contributed by atoms with E-state index in [0.29, 0.717) is 0 Å². The number of rotatable bonds is 6. The van der Waals surface area contributed by atoms with Gasteiger partial charge >= 0.3 is 0 Å². The summed E-state index contributed by atoms with van der Waals surface area (Å²) in [5.41, 5.74) is 4.23. The highest BCUT2D eigenvalue weighted by Gasteiger charge is 2.19. The van der Waals surface area contributed by atoms with Gasteiger partial charge in [0.15, 0.2) is 0 Å². The first-order valence-corrected chi connectivity index (χ1v) is 10.2. The molecule has 0 bridgehead atoms. The van der Waals surface area contributed by atoms with E-state index in [2.05, 4.69) is 51.1 Å². The molecule has 4 heteroatoms. The zero-order valence-electron chi connectivity index (χ0n) is 15.4. The molecule has 138 valence electrons. The van der Waals surface area contributed by atoms with Gasteiger partial charge in [-0.2, -0.15) is 0 Å². The van der Waals surface area contributed by atoms with Gasteiger partial charge in [0, 0.05) is 55.7 Å². The summed E-state index contributed by atoms with van der Waals surface area (Å²) in [6.07, 6.45) is 3.78. The molecule has 0 radical (unpaired) electrons. The number of benzene rings is 2. The first kappa shape index (κ1) is 17.7.